The van der Waals surface area contributed by atoms with Crippen molar-refractivity contribution in [3.8, 4) is 0 Å². The van der Waals surface area contributed by atoms with E-state index in [1.165, 1.54) is 12.8 Å². The van der Waals surface area contributed by atoms with Gasteiger partial charge in [0.25, 0.3) is 0 Å². The van der Waals surface area contributed by atoms with E-state index >= 15 is 0 Å². The maximum Gasteiger partial charge on any atom is 0.0141 e. The van der Waals surface area contributed by atoms with E-state index in [2.05, 4.69) is 18.8 Å². The van der Waals surface area contributed by atoms with Crippen LogP contribution in [0.25, 0.3) is 0 Å². The molecule has 0 unspecified atom stereocenters. The van der Waals surface area contributed by atoms with E-state index < -0.39 is 0 Å². The third-order valence-corrected chi connectivity index (χ3v) is 0.819. The smallest absolute Gasteiger partial charge is 0.0141 e. The van der Waals surface area contributed by atoms with Crippen LogP contribution in [0.5, 0.6) is 0 Å². The highest BCUT2D eigenvalue weighted by Gasteiger charge is 1.74. The van der Waals surface area contributed by atoms with Crippen LogP contribution in [0.4, 0.5) is 0 Å². The van der Waals surface area contributed by atoms with Gasteiger partial charge in [-0.1, -0.05) is 47.6 Å². The fourth-order valence-corrected chi connectivity index (χ4v) is 0.381. The zero-order valence-electron chi connectivity index (χ0n) is 8.91. The summed E-state index contributed by atoms with van der Waals surface area (Å²) >= 11 is 0. The van der Waals surface area contributed by atoms with Crippen LogP contribution >= 0.6 is 0 Å². The van der Waals surface area contributed by atoms with Crippen LogP contribution < -0.4 is 5.32 Å². The lowest BCUT2D eigenvalue weighted by Gasteiger charge is -1.93. The predicted octanol–water partition coefficient (Wildman–Crippen LogP) is 3.57. The lowest BCUT2D eigenvalue weighted by Crippen LogP contribution is -2.04. The first-order valence-electron chi connectivity index (χ1n) is 4.76. The molecule has 0 aromatic rings. The molecular formula is C10H25N. The highest BCUT2D eigenvalue weighted by molar-refractivity contribution is 4.61. The van der Waals surface area contributed by atoms with Crippen LogP contribution in [0.3, 0.4) is 0 Å². The molecule has 0 bridgehead atoms. The standard InChI is InChI=1S/C6H13N.2C2H6/c1-3-5-6-7-4-2;2*1-2/h4,7H,2-3,5-6H2,1H3;2*1-2H3. The second-order valence-electron chi connectivity index (χ2n) is 1.51. The Bertz CT molecular complexity index is 42.1. The van der Waals surface area contributed by atoms with E-state index in [1.807, 2.05) is 27.7 Å². The molecule has 0 saturated heterocycles. The molecule has 0 aliphatic carbocycles. The minimum atomic E-state index is 1.07. The fourth-order valence-electron chi connectivity index (χ4n) is 0.381. The second kappa shape index (κ2) is 33.8. The Labute approximate surface area is 72.9 Å². The topological polar surface area (TPSA) is 12.0 Å². The van der Waals surface area contributed by atoms with Crippen LogP contribution in [0.15, 0.2) is 12.8 Å². The molecular weight excluding hydrogens is 134 g/mol. The molecule has 11 heavy (non-hydrogen) atoms. The minimum absolute atomic E-state index is 1.07. The quantitative estimate of drug-likeness (QED) is 0.618. The summed E-state index contributed by atoms with van der Waals surface area (Å²) in [4.78, 5) is 0. The zero-order chi connectivity index (χ0) is 9.54. The van der Waals surface area contributed by atoms with E-state index in [4.69, 9.17) is 0 Å². The van der Waals surface area contributed by atoms with Crippen LogP contribution in [0.2, 0.25) is 0 Å². The molecule has 0 spiro atoms. The van der Waals surface area contributed by atoms with Gasteiger partial charge >= 0.3 is 0 Å². The second-order valence-corrected chi connectivity index (χ2v) is 1.51. The van der Waals surface area contributed by atoms with Crippen molar-refractivity contribution in [1.29, 1.82) is 0 Å². The Morgan fingerprint density at radius 3 is 1.91 bits per heavy atom. The Balaban J connectivity index is -0.000000138. The molecule has 0 heterocycles. The molecule has 70 valence electrons. The summed E-state index contributed by atoms with van der Waals surface area (Å²) in [6, 6.07) is 0. The van der Waals surface area contributed by atoms with Gasteiger partial charge in [0.05, 0.1) is 0 Å². The summed E-state index contributed by atoms with van der Waals surface area (Å²) in [5.74, 6) is 0. The van der Waals surface area contributed by atoms with Gasteiger partial charge in [-0.2, -0.15) is 0 Å². The lowest BCUT2D eigenvalue weighted by atomic mass is 10.3. The van der Waals surface area contributed by atoms with Gasteiger partial charge in [0.2, 0.25) is 0 Å². The molecule has 0 amide bonds. The van der Waals surface area contributed by atoms with Gasteiger partial charge < -0.3 is 5.32 Å². The Kier molecular flexibility index (Phi) is 51.8. The van der Waals surface area contributed by atoms with E-state index in [0.29, 0.717) is 0 Å². The normalized spacial score (nSPS) is 6.27. The summed E-state index contributed by atoms with van der Waals surface area (Å²) in [5, 5.41) is 3.01. The highest BCUT2D eigenvalue weighted by Crippen LogP contribution is 1.80. The molecule has 0 fully saturated rings. The fraction of sp³-hybridized carbons (Fsp3) is 0.800. The van der Waals surface area contributed by atoms with Crippen molar-refractivity contribution in [2.24, 2.45) is 0 Å². The van der Waals surface area contributed by atoms with Crippen molar-refractivity contribution in [2.45, 2.75) is 47.5 Å². The number of hydrogen-bond acceptors (Lipinski definition) is 1. The molecule has 0 aliphatic rings. The molecule has 0 aromatic carbocycles. The number of nitrogens with one attached hydrogen (secondary N) is 1. The largest absolute Gasteiger partial charge is 0.391 e. The number of hydrogen-bond donors (Lipinski definition) is 1. The van der Waals surface area contributed by atoms with Crippen LogP contribution in [-0.2, 0) is 0 Å². The van der Waals surface area contributed by atoms with Crippen molar-refractivity contribution in [3.05, 3.63) is 12.8 Å². The molecule has 1 N–H and O–H groups in total. The molecule has 0 radical (unpaired) electrons. The Morgan fingerprint density at radius 2 is 1.64 bits per heavy atom. The van der Waals surface area contributed by atoms with Crippen LogP contribution in [-0.4, -0.2) is 6.54 Å². The van der Waals surface area contributed by atoms with E-state index in [9.17, 15) is 0 Å². The van der Waals surface area contributed by atoms with Crippen molar-refractivity contribution < 1.29 is 0 Å². The van der Waals surface area contributed by atoms with E-state index in [0.717, 1.165) is 6.54 Å². The van der Waals surface area contributed by atoms with E-state index in [1.54, 1.807) is 6.20 Å². The summed E-state index contributed by atoms with van der Waals surface area (Å²) < 4.78 is 0. The first-order chi connectivity index (χ1) is 5.41. The summed E-state index contributed by atoms with van der Waals surface area (Å²) in [6.07, 6.45) is 4.22. The van der Waals surface area contributed by atoms with Gasteiger partial charge in [0.1, 0.15) is 0 Å². The van der Waals surface area contributed by atoms with Crippen LogP contribution in [0, 0.1) is 0 Å². The molecule has 0 saturated carbocycles. The minimum Gasteiger partial charge on any atom is -0.391 e. The summed E-state index contributed by atoms with van der Waals surface area (Å²) in [7, 11) is 0. The maximum atomic E-state index is 3.52. The first kappa shape index (κ1) is 16.9. The van der Waals surface area contributed by atoms with Gasteiger partial charge in [-0.25, -0.2) is 0 Å². The number of unbranched alkanes of at least 4 members (excludes halogenated alkanes) is 1. The molecule has 1 nitrogen and oxygen atoms in total. The van der Waals surface area contributed by atoms with Gasteiger partial charge in [0.15, 0.2) is 0 Å². The summed E-state index contributed by atoms with van der Waals surface area (Å²) in [6.45, 7) is 14.8. The van der Waals surface area contributed by atoms with Crippen molar-refractivity contribution in [2.75, 3.05) is 6.54 Å². The lowest BCUT2D eigenvalue weighted by molar-refractivity contribution is 0.736. The van der Waals surface area contributed by atoms with E-state index in [-0.39, 0.29) is 0 Å². The van der Waals surface area contributed by atoms with Gasteiger partial charge in [-0.15, -0.1) is 0 Å². The Morgan fingerprint density at radius 1 is 1.18 bits per heavy atom. The van der Waals surface area contributed by atoms with Crippen molar-refractivity contribution in [1.82, 2.24) is 5.32 Å². The average molecular weight is 159 g/mol. The van der Waals surface area contributed by atoms with Crippen LogP contribution in [0.1, 0.15) is 47.5 Å². The Hall–Kier alpha value is -0.460. The monoisotopic (exact) mass is 159 g/mol. The SMILES string of the molecule is C=CNCCCC.CC.CC. The van der Waals surface area contributed by atoms with Gasteiger partial charge in [-0.3, -0.25) is 0 Å². The third kappa shape index (κ3) is 43.3. The van der Waals surface area contributed by atoms with Gasteiger partial charge in [0, 0.05) is 6.54 Å². The summed E-state index contributed by atoms with van der Waals surface area (Å²) in [5.41, 5.74) is 0. The van der Waals surface area contributed by atoms with Crippen molar-refractivity contribution in [3.63, 3.8) is 0 Å². The average Bonchev–Trinajstić information content (AvgIpc) is 2.13. The molecule has 0 rings (SSSR count). The van der Waals surface area contributed by atoms with Crippen molar-refractivity contribution >= 4 is 0 Å². The number of rotatable bonds is 4. The zero-order valence-corrected chi connectivity index (χ0v) is 8.91. The highest BCUT2D eigenvalue weighted by atomic mass is 14.8. The molecule has 0 atom stereocenters. The molecule has 0 aliphatic heterocycles. The predicted molar refractivity (Wildman–Crippen MR) is 55.8 cm³/mol. The first-order valence-corrected chi connectivity index (χ1v) is 4.76. The molecule has 1 heteroatoms. The van der Waals surface area contributed by atoms with Gasteiger partial charge in [-0.05, 0) is 12.6 Å². The molecule has 0 aromatic heterocycles. The third-order valence-electron chi connectivity index (χ3n) is 0.819. The maximum absolute atomic E-state index is 3.52.